The number of hydrogen-bond donors (Lipinski definition) is 0. The fourth-order valence-corrected chi connectivity index (χ4v) is 5.04. The number of benzene rings is 1. The van der Waals surface area contributed by atoms with Crippen LogP contribution in [0.4, 0.5) is 5.69 Å². The molecule has 1 aromatic rings. The van der Waals surface area contributed by atoms with E-state index >= 15 is 0 Å². The van der Waals surface area contributed by atoms with Gasteiger partial charge in [0.15, 0.2) is 0 Å². The largest absolute Gasteiger partial charge is 0.491 e. The topological polar surface area (TPSA) is 73.4 Å². The molecule has 3 aliphatic heterocycles. The van der Waals surface area contributed by atoms with Crippen LogP contribution < -0.4 is 9.64 Å². The lowest BCUT2D eigenvalue weighted by Gasteiger charge is -2.38. The molecule has 0 aliphatic carbocycles. The lowest BCUT2D eigenvalue weighted by atomic mass is 9.92. The Bertz CT molecular complexity index is 842. The van der Waals surface area contributed by atoms with Crippen molar-refractivity contribution in [3.05, 3.63) is 24.3 Å². The van der Waals surface area contributed by atoms with E-state index in [4.69, 9.17) is 4.74 Å². The third kappa shape index (κ3) is 5.23. The molecular weight excluding hydrogens is 408 g/mol. The van der Waals surface area contributed by atoms with Crippen molar-refractivity contribution in [2.45, 2.75) is 26.7 Å². The van der Waals surface area contributed by atoms with E-state index in [0.717, 1.165) is 13.1 Å². The summed E-state index contributed by atoms with van der Waals surface area (Å²) in [6.07, 6.45) is 1.44. The van der Waals surface area contributed by atoms with E-state index < -0.39 is 0 Å². The first-order valence-electron chi connectivity index (χ1n) is 11.7. The minimum Gasteiger partial charge on any atom is -0.491 e. The number of piperazine rings is 1. The van der Waals surface area contributed by atoms with Gasteiger partial charge in [-0.15, -0.1) is 0 Å². The predicted molar refractivity (Wildman–Crippen MR) is 121 cm³/mol. The fraction of sp³-hybridized carbons (Fsp3) is 0.625. The number of ether oxygens (including phenoxy) is 1. The van der Waals surface area contributed by atoms with Crippen molar-refractivity contribution in [1.29, 1.82) is 0 Å². The van der Waals surface area contributed by atoms with Crippen LogP contribution in [0.1, 0.15) is 26.7 Å². The van der Waals surface area contributed by atoms with E-state index in [1.165, 1.54) is 6.42 Å². The quantitative estimate of drug-likeness (QED) is 0.706. The molecule has 0 radical (unpaired) electrons. The second kappa shape index (κ2) is 9.90. The van der Waals surface area contributed by atoms with Crippen LogP contribution in [0, 0.1) is 11.8 Å². The number of fused-ring (bicyclic) bond motifs is 1. The number of anilines is 1. The summed E-state index contributed by atoms with van der Waals surface area (Å²) in [5.74, 6) is 1.76. The normalized spacial score (nSPS) is 24.6. The lowest BCUT2D eigenvalue weighted by molar-refractivity contribution is -0.137. The van der Waals surface area contributed by atoms with Crippen molar-refractivity contribution in [2.24, 2.45) is 11.8 Å². The molecule has 2 atom stereocenters. The maximum absolute atomic E-state index is 13.0. The van der Waals surface area contributed by atoms with Crippen LogP contribution in [0.15, 0.2) is 24.3 Å². The molecule has 174 valence electrons. The summed E-state index contributed by atoms with van der Waals surface area (Å²) in [6.45, 7) is 9.33. The second-order valence-electron chi connectivity index (χ2n) is 9.45. The smallest absolute Gasteiger partial charge is 0.242 e. The molecule has 0 spiro atoms. The maximum atomic E-state index is 13.0. The van der Waals surface area contributed by atoms with Gasteiger partial charge in [-0.3, -0.25) is 24.2 Å². The van der Waals surface area contributed by atoms with Gasteiger partial charge in [-0.25, -0.2) is 0 Å². The molecule has 0 aromatic heterocycles. The number of nitrogens with zero attached hydrogens (tertiary/aromatic N) is 4. The molecule has 1 aromatic carbocycles. The summed E-state index contributed by atoms with van der Waals surface area (Å²) in [7, 11) is 0. The van der Waals surface area contributed by atoms with Crippen LogP contribution in [0.5, 0.6) is 5.75 Å². The third-order valence-corrected chi connectivity index (χ3v) is 6.63. The number of rotatable bonds is 4. The van der Waals surface area contributed by atoms with Gasteiger partial charge in [0.2, 0.25) is 17.7 Å². The summed E-state index contributed by atoms with van der Waals surface area (Å²) in [5, 5.41) is 0. The van der Waals surface area contributed by atoms with Crippen molar-refractivity contribution in [2.75, 3.05) is 63.9 Å². The van der Waals surface area contributed by atoms with Gasteiger partial charge in [-0.05, 0) is 30.4 Å². The van der Waals surface area contributed by atoms with Crippen LogP contribution in [0.2, 0.25) is 0 Å². The summed E-state index contributed by atoms with van der Waals surface area (Å²) in [5.41, 5.74) is 0.651. The number of likely N-dealkylation sites (tertiary alicyclic amines) is 1. The number of para-hydroxylation sites is 2. The highest BCUT2D eigenvalue weighted by molar-refractivity contribution is 6.00. The van der Waals surface area contributed by atoms with Gasteiger partial charge in [0.05, 0.1) is 25.3 Å². The Labute approximate surface area is 190 Å². The van der Waals surface area contributed by atoms with Gasteiger partial charge in [-0.2, -0.15) is 0 Å². The Morgan fingerprint density at radius 1 is 0.938 bits per heavy atom. The highest BCUT2D eigenvalue weighted by atomic mass is 16.5. The van der Waals surface area contributed by atoms with E-state index in [2.05, 4.69) is 18.7 Å². The van der Waals surface area contributed by atoms with E-state index in [1.54, 1.807) is 9.80 Å². The highest BCUT2D eigenvalue weighted by Gasteiger charge is 2.30. The first-order chi connectivity index (χ1) is 15.4. The molecule has 2 fully saturated rings. The Morgan fingerprint density at radius 2 is 1.59 bits per heavy atom. The van der Waals surface area contributed by atoms with Gasteiger partial charge in [0, 0.05) is 39.3 Å². The summed E-state index contributed by atoms with van der Waals surface area (Å²) >= 11 is 0. The van der Waals surface area contributed by atoms with Gasteiger partial charge in [-0.1, -0.05) is 26.0 Å². The third-order valence-electron chi connectivity index (χ3n) is 6.63. The first kappa shape index (κ1) is 22.6. The molecule has 3 heterocycles. The number of amides is 3. The van der Waals surface area contributed by atoms with E-state index in [-0.39, 0.29) is 30.7 Å². The van der Waals surface area contributed by atoms with Crippen LogP contribution in [-0.4, -0.2) is 91.4 Å². The Kier molecular flexibility index (Phi) is 6.98. The highest BCUT2D eigenvalue weighted by Crippen LogP contribution is 2.31. The minimum absolute atomic E-state index is 0.0156. The fourth-order valence-electron chi connectivity index (χ4n) is 5.04. The number of carbonyl (C=O) groups is 3. The SMILES string of the molecule is C[C@H]1C[C@H](C)CN(C(=O)CN2CCN(C(=O)CN3C(=O)CCOc4ccccc43)CC2)C1. The number of carbonyl (C=O) groups excluding carboxylic acids is 3. The monoisotopic (exact) mass is 442 g/mol. The number of hydrogen-bond acceptors (Lipinski definition) is 5. The molecule has 3 amide bonds. The van der Waals surface area contributed by atoms with Crippen molar-refractivity contribution < 1.29 is 19.1 Å². The summed E-state index contributed by atoms with van der Waals surface area (Å²) in [6, 6.07) is 7.35. The standard InChI is InChI=1S/C24H34N4O4/c1-18-13-19(2)15-27(14-18)23(30)16-25-8-10-26(11-9-25)24(31)17-28-20-5-3-4-6-21(20)32-12-7-22(28)29/h3-6,18-19H,7-17H2,1-2H3/t18-,19-/m0/s1. The minimum atomic E-state index is -0.0995. The van der Waals surface area contributed by atoms with Gasteiger partial charge in [0.1, 0.15) is 12.3 Å². The van der Waals surface area contributed by atoms with Crippen molar-refractivity contribution in [1.82, 2.24) is 14.7 Å². The molecule has 0 unspecified atom stereocenters. The average Bonchev–Trinajstić information content (AvgIpc) is 2.92. The van der Waals surface area contributed by atoms with E-state index in [0.29, 0.717) is 62.6 Å². The lowest BCUT2D eigenvalue weighted by Crippen LogP contribution is -2.54. The van der Waals surface area contributed by atoms with E-state index in [9.17, 15) is 14.4 Å². The summed E-state index contributed by atoms with van der Waals surface area (Å²) < 4.78 is 5.66. The zero-order valence-corrected chi connectivity index (χ0v) is 19.2. The molecule has 32 heavy (non-hydrogen) atoms. The van der Waals surface area contributed by atoms with E-state index in [1.807, 2.05) is 29.2 Å². The molecule has 2 saturated heterocycles. The molecule has 8 heteroatoms. The van der Waals surface area contributed by atoms with Crippen LogP contribution in [-0.2, 0) is 14.4 Å². The van der Waals surface area contributed by atoms with Crippen LogP contribution >= 0.6 is 0 Å². The van der Waals surface area contributed by atoms with Crippen molar-refractivity contribution in [3.63, 3.8) is 0 Å². The van der Waals surface area contributed by atoms with Crippen LogP contribution in [0.3, 0.4) is 0 Å². The zero-order chi connectivity index (χ0) is 22.7. The van der Waals surface area contributed by atoms with Crippen LogP contribution in [0.25, 0.3) is 0 Å². The molecule has 3 aliphatic rings. The molecule has 8 nitrogen and oxygen atoms in total. The predicted octanol–water partition coefficient (Wildman–Crippen LogP) is 1.45. The maximum Gasteiger partial charge on any atom is 0.242 e. The molecule has 0 N–H and O–H groups in total. The number of piperidine rings is 1. The Balaban J connectivity index is 1.29. The Hall–Kier alpha value is -2.61. The van der Waals surface area contributed by atoms with Gasteiger partial charge in [0.25, 0.3) is 0 Å². The molecule has 4 rings (SSSR count). The molecule has 0 bridgehead atoms. The van der Waals surface area contributed by atoms with Crippen molar-refractivity contribution >= 4 is 23.4 Å². The van der Waals surface area contributed by atoms with Gasteiger partial charge >= 0.3 is 0 Å². The summed E-state index contributed by atoms with van der Waals surface area (Å²) in [4.78, 5) is 45.8. The average molecular weight is 443 g/mol. The molecule has 0 saturated carbocycles. The Morgan fingerprint density at radius 3 is 2.31 bits per heavy atom. The second-order valence-corrected chi connectivity index (χ2v) is 9.45. The van der Waals surface area contributed by atoms with Crippen molar-refractivity contribution in [3.8, 4) is 5.75 Å². The van der Waals surface area contributed by atoms with Gasteiger partial charge < -0.3 is 14.5 Å². The molecular formula is C24H34N4O4. The zero-order valence-electron chi connectivity index (χ0n) is 19.2. The first-order valence-corrected chi connectivity index (χ1v) is 11.7.